The first kappa shape index (κ1) is 19.7. The van der Waals surface area contributed by atoms with Crippen LogP contribution < -0.4 is 4.74 Å². The lowest BCUT2D eigenvalue weighted by Gasteiger charge is -2.28. The van der Waals surface area contributed by atoms with Crippen molar-refractivity contribution >= 4 is 5.91 Å². The lowest BCUT2D eigenvalue weighted by molar-refractivity contribution is 0.0767. The van der Waals surface area contributed by atoms with Crippen molar-refractivity contribution in [3.63, 3.8) is 0 Å². The number of aryl methyl sites for hydroxylation is 1. The van der Waals surface area contributed by atoms with Crippen LogP contribution in [0.1, 0.15) is 33.1 Å². The number of allylic oxidation sites excluding steroid dienone is 1. The highest BCUT2D eigenvalue weighted by Gasteiger charge is 2.47. The van der Waals surface area contributed by atoms with E-state index < -0.39 is 0 Å². The molecule has 0 aliphatic carbocycles. The molecule has 4 nitrogen and oxygen atoms in total. The standard InChI is InChI=1S/C25H30N2O2/c1-5-8-18-13-19(11-12-23(18)29-4)25(28)27-15-20-14-26(3)24(22(20)16-27)21-10-7-6-9-17(21)2/h5-7,9-13,20,22,24H,1,8,14-16H2,2-4H3/t20-,22+,24+/m0/s1. The number of carbonyl (C=O) groups excluding carboxylic acids is 1. The Kier molecular flexibility index (Phi) is 5.46. The maximum absolute atomic E-state index is 13.3. The van der Waals surface area contributed by atoms with Gasteiger partial charge in [0.2, 0.25) is 0 Å². The molecular formula is C25H30N2O2. The summed E-state index contributed by atoms with van der Waals surface area (Å²) in [5.41, 5.74) is 4.47. The van der Waals surface area contributed by atoms with Crippen molar-refractivity contribution in [2.45, 2.75) is 19.4 Å². The van der Waals surface area contributed by atoms with Crippen LogP contribution in [0.4, 0.5) is 0 Å². The Balaban J connectivity index is 1.55. The number of hydrogen-bond acceptors (Lipinski definition) is 3. The summed E-state index contributed by atoms with van der Waals surface area (Å²) in [4.78, 5) is 17.8. The molecule has 2 fully saturated rings. The Morgan fingerprint density at radius 1 is 1.21 bits per heavy atom. The molecule has 2 aromatic rings. The van der Waals surface area contributed by atoms with E-state index in [0.29, 0.717) is 24.3 Å². The Morgan fingerprint density at radius 2 is 2.00 bits per heavy atom. The summed E-state index contributed by atoms with van der Waals surface area (Å²) in [7, 11) is 3.87. The molecule has 1 amide bonds. The fourth-order valence-electron chi connectivity index (χ4n) is 5.22. The van der Waals surface area contributed by atoms with Gasteiger partial charge in [0.05, 0.1) is 7.11 Å². The predicted octanol–water partition coefficient (Wildman–Crippen LogP) is 4.11. The quantitative estimate of drug-likeness (QED) is 0.721. The zero-order valence-electron chi connectivity index (χ0n) is 17.6. The van der Waals surface area contributed by atoms with Gasteiger partial charge < -0.3 is 9.64 Å². The Hall–Kier alpha value is -2.59. The summed E-state index contributed by atoms with van der Waals surface area (Å²) in [6.07, 6.45) is 2.53. The second-order valence-corrected chi connectivity index (χ2v) is 8.39. The fraction of sp³-hybridized carbons (Fsp3) is 0.400. The molecule has 0 N–H and O–H groups in total. The van der Waals surface area contributed by atoms with Crippen LogP contribution >= 0.6 is 0 Å². The van der Waals surface area contributed by atoms with Gasteiger partial charge in [-0.2, -0.15) is 0 Å². The van der Waals surface area contributed by atoms with Crippen molar-refractivity contribution < 1.29 is 9.53 Å². The summed E-state index contributed by atoms with van der Waals surface area (Å²) in [5.74, 6) is 1.94. The number of hydrogen-bond donors (Lipinski definition) is 0. The molecule has 3 atom stereocenters. The predicted molar refractivity (Wildman–Crippen MR) is 116 cm³/mol. The Morgan fingerprint density at radius 3 is 2.72 bits per heavy atom. The third-order valence-electron chi connectivity index (χ3n) is 6.58. The minimum Gasteiger partial charge on any atom is -0.496 e. The molecule has 2 aliphatic rings. The highest BCUT2D eigenvalue weighted by molar-refractivity contribution is 5.95. The van der Waals surface area contributed by atoms with Crippen molar-refractivity contribution in [1.82, 2.24) is 9.80 Å². The number of amides is 1. The molecule has 0 unspecified atom stereocenters. The average Bonchev–Trinajstić information content (AvgIpc) is 3.25. The molecule has 0 aromatic heterocycles. The number of nitrogens with zero attached hydrogens (tertiary/aromatic N) is 2. The van der Waals surface area contributed by atoms with Gasteiger partial charge >= 0.3 is 0 Å². The van der Waals surface area contributed by atoms with Crippen LogP contribution in [0.2, 0.25) is 0 Å². The Bertz CT molecular complexity index is 923. The Labute approximate surface area is 173 Å². The summed E-state index contributed by atoms with van der Waals surface area (Å²) >= 11 is 0. The van der Waals surface area contributed by atoms with Crippen molar-refractivity contribution in [3.8, 4) is 5.75 Å². The second kappa shape index (κ2) is 8.03. The highest BCUT2D eigenvalue weighted by Crippen LogP contribution is 2.45. The van der Waals surface area contributed by atoms with Gasteiger partial charge in [-0.25, -0.2) is 0 Å². The number of fused-ring (bicyclic) bond motifs is 1. The molecule has 4 rings (SSSR count). The number of benzene rings is 2. The number of likely N-dealkylation sites (tertiary alicyclic amines) is 2. The van der Waals surface area contributed by atoms with Gasteiger partial charge in [-0.3, -0.25) is 9.69 Å². The van der Waals surface area contributed by atoms with E-state index in [-0.39, 0.29) is 5.91 Å². The largest absolute Gasteiger partial charge is 0.496 e. The smallest absolute Gasteiger partial charge is 0.253 e. The molecule has 2 saturated heterocycles. The van der Waals surface area contributed by atoms with Crippen LogP contribution in [0.15, 0.2) is 55.1 Å². The summed E-state index contributed by atoms with van der Waals surface area (Å²) in [5, 5.41) is 0. The number of carbonyl (C=O) groups is 1. The van der Waals surface area contributed by atoms with Crippen LogP contribution in [0.25, 0.3) is 0 Å². The van der Waals surface area contributed by atoms with Crippen molar-refractivity contribution in [3.05, 3.63) is 77.4 Å². The lowest BCUT2D eigenvalue weighted by Crippen LogP contribution is -2.33. The second-order valence-electron chi connectivity index (χ2n) is 8.39. The minimum atomic E-state index is 0.124. The van der Waals surface area contributed by atoms with Gasteiger partial charge in [0.15, 0.2) is 0 Å². The van der Waals surface area contributed by atoms with Gasteiger partial charge in [0, 0.05) is 37.2 Å². The zero-order valence-corrected chi connectivity index (χ0v) is 17.6. The maximum Gasteiger partial charge on any atom is 0.253 e. The molecule has 152 valence electrons. The normalized spacial score (nSPS) is 23.8. The molecule has 2 aliphatic heterocycles. The molecule has 0 spiro atoms. The summed E-state index contributed by atoms with van der Waals surface area (Å²) in [6, 6.07) is 14.8. The molecule has 29 heavy (non-hydrogen) atoms. The van der Waals surface area contributed by atoms with E-state index in [2.05, 4.69) is 49.7 Å². The van der Waals surface area contributed by atoms with Crippen LogP contribution in [-0.2, 0) is 6.42 Å². The molecular weight excluding hydrogens is 360 g/mol. The first-order valence-corrected chi connectivity index (χ1v) is 10.4. The average molecular weight is 391 g/mol. The first-order chi connectivity index (χ1) is 14.0. The number of methoxy groups -OCH3 is 1. The molecule has 0 bridgehead atoms. The van der Waals surface area contributed by atoms with Crippen LogP contribution in [0, 0.1) is 18.8 Å². The van der Waals surface area contributed by atoms with Gasteiger partial charge in [0.25, 0.3) is 5.91 Å². The summed E-state index contributed by atoms with van der Waals surface area (Å²) < 4.78 is 5.43. The van der Waals surface area contributed by atoms with Gasteiger partial charge in [-0.15, -0.1) is 6.58 Å². The zero-order chi connectivity index (χ0) is 20.5. The van der Waals surface area contributed by atoms with E-state index in [4.69, 9.17) is 4.74 Å². The van der Waals surface area contributed by atoms with E-state index >= 15 is 0 Å². The number of ether oxygens (including phenoxy) is 1. The van der Waals surface area contributed by atoms with E-state index in [1.54, 1.807) is 7.11 Å². The lowest BCUT2D eigenvalue weighted by atomic mass is 9.88. The van der Waals surface area contributed by atoms with Crippen molar-refractivity contribution in [1.29, 1.82) is 0 Å². The monoisotopic (exact) mass is 390 g/mol. The van der Waals surface area contributed by atoms with E-state index in [1.165, 1.54) is 11.1 Å². The van der Waals surface area contributed by atoms with Crippen LogP contribution in [0.3, 0.4) is 0 Å². The van der Waals surface area contributed by atoms with Gasteiger partial charge in [-0.05, 0) is 61.2 Å². The van der Waals surface area contributed by atoms with Crippen molar-refractivity contribution in [2.24, 2.45) is 11.8 Å². The van der Waals surface area contributed by atoms with E-state index in [1.807, 2.05) is 29.2 Å². The topological polar surface area (TPSA) is 32.8 Å². The van der Waals surface area contributed by atoms with Crippen LogP contribution in [0.5, 0.6) is 5.75 Å². The van der Waals surface area contributed by atoms with Crippen LogP contribution in [-0.4, -0.2) is 49.5 Å². The minimum absolute atomic E-state index is 0.124. The third kappa shape index (κ3) is 3.58. The van der Waals surface area contributed by atoms with E-state index in [9.17, 15) is 4.79 Å². The van der Waals surface area contributed by atoms with E-state index in [0.717, 1.165) is 36.5 Å². The molecule has 2 aromatic carbocycles. The maximum atomic E-state index is 13.3. The van der Waals surface area contributed by atoms with Crippen molar-refractivity contribution in [2.75, 3.05) is 33.8 Å². The molecule has 0 saturated carbocycles. The summed E-state index contributed by atoms with van der Waals surface area (Å²) in [6.45, 7) is 8.69. The van der Waals surface area contributed by atoms with Gasteiger partial charge in [0.1, 0.15) is 5.75 Å². The highest BCUT2D eigenvalue weighted by atomic mass is 16.5. The first-order valence-electron chi connectivity index (χ1n) is 10.4. The SMILES string of the molecule is C=CCc1cc(C(=O)N2C[C@@H]3CN(C)[C@H](c4ccccc4C)[C@@H]3C2)ccc1OC. The van der Waals surface area contributed by atoms with Gasteiger partial charge in [-0.1, -0.05) is 30.3 Å². The fourth-order valence-corrected chi connectivity index (χ4v) is 5.22. The molecule has 4 heteroatoms. The molecule has 0 radical (unpaired) electrons. The number of rotatable bonds is 5. The third-order valence-corrected chi connectivity index (χ3v) is 6.58. The molecule has 2 heterocycles.